The van der Waals surface area contributed by atoms with Crippen LogP contribution in [0.1, 0.15) is 52.6 Å². The maximum absolute atomic E-state index is 13.0. The van der Waals surface area contributed by atoms with Crippen LogP contribution >= 0.6 is 0 Å². The molecule has 1 heterocycles. The number of carboxylic acid groups (broad SMARTS) is 1. The molecule has 0 unspecified atom stereocenters. The molecule has 0 aliphatic carbocycles. The van der Waals surface area contributed by atoms with E-state index in [1.165, 1.54) is 24.3 Å². The summed E-state index contributed by atoms with van der Waals surface area (Å²) in [5.41, 5.74) is 2.14. The molecule has 0 bridgehead atoms. The first-order chi connectivity index (χ1) is 15.2. The third-order valence-electron chi connectivity index (χ3n) is 5.21. The number of carbonyl (C=O) groups is 4. The minimum atomic E-state index is -1.36. The van der Waals surface area contributed by atoms with Gasteiger partial charge >= 0.3 is 5.97 Å². The summed E-state index contributed by atoms with van der Waals surface area (Å²) in [6.07, 6.45) is 0. The predicted molar refractivity (Wildman–Crippen MR) is 114 cm³/mol. The third-order valence-corrected chi connectivity index (χ3v) is 5.21. The molecule has 0 radical (unpaired) electrons. The van der Waals surface area contributed by atoms with Gasteiger partial charge in [0.25, 0.3) is 17.7 Å². The maximum Gasteiger partial charge on any atom is 0.337 e. The van der Waals surface area contributed by atoms with E-state index in [-0.39, 0.29) is 27.9 Å². The summed E-state index contributed by atoms with van der Waals surface area (Å²) < 4.78 is 0. The van der Waals surface area contributed by atoms with Crippen LogP contribution in [0, 0.1) is 13.8 Å². The van der Waals surface area contributed by atoms with E-state index in [9.17, 15) is 29.4 Å². The molecule has 3 aromatic carbocycles. The molecule has 8 heteroatoms. The van der Waals surface area contributed by atoms with Gasteiger partial charge in [0.05, 0.1) is 28.1 Å². The number of hydrogen-bond acceptors (Lipinski definition) is 5. The zero-order valence-electron chi connectivity index (χ0n) is 17.1. The molecule has 0 fully saturated rings. The van der Waals surface area contributed by atoms with Crippen molar-refractivity contribution in [3.05, 3.63) is 88.0 Å². The maximum atomic E-state index is 13.0. The average Bonchev–Trinajstić information content (AvgIpc) is 2.99. The van der Waals surface area contributed by atoms with Crippen molar-refractivity contribution in [2.45, 2.75) is 13.8 Å². The molecule has 1 aliphatic heterocycles. The summed E-state index contributed by atoms with van der Waals surface area (Å²) in [7, 11) is 0. The van der Waals surface area contributed by atoms with Crippen molar-refractivity contribution < 1.29 is 29.4 Å². The minimum Gasteiger partial charge on any atom is -0.872 e. The van der Waals surface area contributed by atoms with Gasteiger partial charge < -0.3 is 15.5 Å². The monoisotopic (exact) mass is 429 g/mol. The molecule has 0 saturated heterocycles. The summed E-state index contributed by atoms with van der Waals surface area (Å²) in [5.74, 6) is -3.58. The number of nitrogens with zero attached hydrogens (tertiary/aromatic N) is 1. The number of amides is 3. The molecule has 0 atom stereocenters. The Morgan fingerprint density at radius 1 is 0.906 bits per heavy atom. The van der Waals surface area contributed by atoms with Gasteiger partial charge in [-0.2, -0.15) is 0 Å². The molecule has 32 heavy (non-hydrogen) atoms. The van der Waals surface area contributed by atoms with Gasteiger partial charge in [0, 0.05) is 5.56 Å². The van der Waals surface area contributed by atoms with E-state index in [2.05, 4.69) is 5.32 Å². The van der Waals surface area contributed by atoms with Crippen molar-refractivity contribution in [1.29, 1.82) is 0 Å². The Hall–Kier alpha value is -4.46. The fourth-order valence-electron chi connectivity index (χ4n) is 3.66. The van der Waals surface area contributed by atoms with Crippen LogP contribution < -0.4 is 15.3 Å². The second-order valence-corrected chi connectivity index (χ2v) is 7.46. The van der Waals surface area contributed by atoms with Crippen LogP contribution in [-0.2, 0) is 0 Å². The van der Waals surface area contributed by atoms with Crippen LogP contribution in [0.25, 0.3) is 0 Å². The lowest BCUT2D eigenvalue weighted by molar-refractivity contribution is -0.268. The zero-order chi connectivity index (χ0) is 23.2. The van der Waals surface area contributed by atoms with Crippen molar-refractivity contribution in [1.82, 2.24) is 0 Å². The van der Waals surface area contributed by atoms with Crippen LogP contribution in [0.3, 0.4) is 0 Å². The fourth-order valence-corrected chi connectivity index (χ4v) is 3.66. The molecule has 0 spiro atoms. The Kier molecular flexibility index (Phi) is 4.98. The molecule has 0 saturated carbocycles. The van der Waals surface area contributed by atoms with Crippen LogP contribution in [0.15, 0.2) is 54.6 Å². The van der Waals surface area contributed by atoms with E-state index in [1.807, 2.05) is 13.0 Å². The van der Waals surface area contributed by atoms with E-state index in [4.69, 9.17) is 0 Å². The Bertz CT molecular complexity index is 1330. The number of rotatable bonds is 4. The molecule has 160 valence electrons. The third kappa shape index (κ3) is 3.47. The molecule has 2 N–H and O–H groups in total. The van der Waals surface area contributed by atoms with Gasteiger partial charge in [-0.1, -0.05) is 29.8 Å². The van der Waals surface area contributed by atoms with Gasteiger partial charge in [0.15, 0.2) is 0 Å². The number of carbonyl (C=O) groups excluding carboxylic acids is 3. The standard InChI is InChI=1S/C24H18N2O6/c1-12-3-8-20(13(2)9-12)26-22(29)16-6-4-14(10-17(16)23(26)30)21(28)25-19-7-5-15(27)11-18(19)24(31)32/h3-11,27H,1-2H3,(H,25,28)(H,31,32)/p-1. The minimum absolute atomic E-state index is 0.0538. The fraction of sp³-hybridized carbons (Fsp3) is 0.0833. The van der Waals surface area contributed by atoms with Crippen molar-refractivity contribution in [2.24, 2.45) is 0 Å². The Morgan fingerprint density at radius 3 is 2.31 bits per heavy atom. The van der Waals surface area contributed by atoms with E-state index in [0.29, 0.717) is 5.69 Å². The lowest BCUT2D eigenvalue weighted by atomic mass is 10.0. The first kappa shape index (κ1) is 20.8. The first-order valence-corrected chi connectivity index (χ1v) is 9.63. The number of hydrogen-bond donors (Lipinski definition) is 2. The highest BCUT2D eigenvalue weighted by atomic mass is 16.4. The van der Waals surface area contributed by atoms with Crippen LogP contribution in [-0.4, -0.2) is 28.8 Å². The summed E-state index contributed by atoms with van der Waals surface area (Å²) in [6.45, 7) is 3.71. The van der Waals surface area contributed by atoms with Gasteiger partial charge in [-0.25, -0.2) is 9.69 Å². The number of anilines is 2. The molecule has 1 aliphatic rings. The molecule has 3 aromatic rings. The normalized spacial score (nSPS) is 12.6. The highest BCUT2D eigenvalue weighted by molar-refractivity contribution is 6.35. The quantitative estimate of drug-likeness (QED) is 0.614. The second kappa shape index (κ2) is 7.66. The topological polar surface area (TPSA) is 127 Å². The largest absolute Gasteiger partial charge is 0.872 e. The van der Waals surface area contributed by atoms with Crippen LogP contribution in [0.4, 0.5) is 11.4 Å². The summed E-state index contributed by atoms with van der Waals surface area (Å²) in [4.78, 5) is 51.1. The molecular formula is C24H17N2O6-. The molecule has 8 nitrogen and oxygen atoms in total. The highest BCUT2D eigenvalue weighted by Crippen LogP contribution is 2.32. The van der Waals surface area contributed by atoms with Crippen LogP contribution in [0.2, 0.25) is 0 Å². The first-order valence-electron chi connectivity index (χ1n) is 9.63. The second-order valence-electron chi connectivity index (χ2n) is 7.46. The number of carboxylic acids is 1. The lowest BCUT2D eigenvalue weighted by Crippen LogP contribution is -2.30. The van der Waals surface area contributed by atoms with Gasteiger partial charge in [0.2, 0.25) is 0 Å². The van der Waals surface area contributed by atoms with Gasteiger partial charge in [0.1, 0.15) is 0 Å². The van der Waals surface area contributed by atoms with Gasteiger partial charge in [-0.05, 0) is 49.7 Å². The van der Waals surface area contributed by atoms with E-state index < -0.39 is 29.4 Å². The van der Waals surface area contributed by atoms with Crippen molar-refractivity contribution in [3.63, 3.8) is 0 Å². The van der Waals surface area contributed by atoms with Gasteiger partial charge in [-0.3, -0.25) is 14.4 Å². The summed E-state index contributed by atoms with van der Waals surface area (Å²) >= 11 is 0. The molecule has 4 rings (SSSR count). The van der Waals surface area contributed by atoms with Crippen molar-refractivity contribution in [3.8, 4) is 5.75 Å². The number of aromatic carboxylic acids is 1. The van der Waals surface area contributed by atoms with Crippen molar-refractivity contribution in [2.75, 3.05) is 10.2 Å². The number of benzene rings is 3. The predicted octanol–water partition coefficient (Wildman–Crippen LogP) is 3.13. The zero-order valence-corrected chi connectivity index (χ0v) is 17.1. The Balaban J connectivity index is 1.66. The Labute approximate surface area is 182 Å². The van der Waals surface area contributed by atoms with E-state index >= 15 is 0 Å². The number of fused-ring (bicyclic) bond motifs is 1. The average molecular weight is 429 g/mol. The highest BCUT2D eigenvalue weighted by Gasteiger charge is 2.37. The number of imide groups is 1. The van der Waals surface area contributed by atoms with Crippen LogP contribution in [0.5, 0.6) is 5.75 Å². The smallest absolute Gasteiger partial charge is 0.337 e. The molecule has 0 aromatic heterocycles. The van der Waals surface area contributed by atoms with Gasteiger partial charge in [-0.15, -0.1) is 5.75 Å². The summed E-state index contributed by atoms with van der Waals surface area (Å²) in [5, 5.41) is 23.1. The Morgan fingerprint density at radius 2 is 1.62 bits per heavy atom. The van der Waals surface area contributed by atoms with E-state index in [0.717, 1.165) is 28.2 Å². The SMILES string of the molecule is Cc1ccc(N2C(=O)c3ccc(C(=O)Nc4ccc([O-])cc4C(=O)O)cc3C2=O)c(C)c1. The number of nitrogens with one attached hydrogen (secondary N) is 1. The lowest BCUT2D eigenvalue weighted by Gasteiger charge is -2.16. The molecule has 3 amide bonds. The summed E-state index contributed by atoms with van der Waals surface area (Å²) in [6, 6.07) is 12.7. The number of aryl methyl sites for hydroxylation is 2. The van der Waals surface area contributed by atoms with E-state index in [1.54, 1.807) is 19.1 Å². The molecular weight excluding hydrogens is 412 g/mol. The van der Waals surface area contributed by atoms with Crippen molar-refractivity contribution >= 4 is 35.1 Å².